The SMILES string of the molecule is Cc1nc(CC(C)C)sc1C(=O)N(C)CCCOc1ccccc1. The number of aromatic nitrogens is 1. The second-order valence-electron chi connectivity index (χ2n) is 6.36. The molecule has 5 heteroatoms. The Morgan fingerprint density at radius 2 is 2.00 bits per heavy atom. The van der Waals surface area contributed by atoms with E-state index in [2.05, 4.69) is 18.8 Å². The molecule has 0 fully saturated rings. The molecule has 0 saturated carbocycles. The Hall–Kier alpha value is -1.88. The monoisotopic (exact) mass is 346 g/mol. The van der Waals surface area contributed by atoms with Crippen molar-refractivity contribution in [2.75, 3.05) is 20.2 Å². The Labute approximate surface area is 148 Å². The van der Waals surface area contributed by atoms with E-state index in [1.807, 2.05) is 44.3 Å². The average Bonchev–Trinajstić information content (AvgIpc) is 2.91. The highest BCUT2D eigenvalue weighted by Gasteiger charge is 2.19. The molecule has 1 aromatic heterocycles. The van der Waals surface area contributed by atoms with Crippen molar-refractivity contribution in [1.29, 1.82) is 0 Å². The van der Waals surface area contributed by atoms with E-state index in [0.717, 1.165) is 34.2 Å². The second-order valence-corrected chi connectivity index (χ2v) is 7.45. The predicted octanol–water partition coefficient (Wildman–Crippen LogP) is 4.19. The fraction of sp³-hybridized carbons (Fsp3) is 0.474. The normalized spacial score (nSPS) is 10.9. The van der Waals surface area contributed by atoms with Gasteiger partial charge in [-0.25, -0.2) is 4.98 Å². The van der Waals surface area contributed by atoms with E-state index in [-0.39, 0.29) is 5.91 Å². The number of nitrogens with zero attached hydrogens (tertiary/aromatic N) is 2. The molecule has 2 rings (SSSR count). The molecule has 1 amide bonds. The van der Waals surface area contributed by atoms with Gasteiger partial charge >= 0.3 is 0 Å². The average molecular weight is 346 g/mol. The van der Waals surface area contributed by atoms with Gasteiger partial charge in [0, 0.05) is 20.0 Å². The van der Waals surface area contributed by atoms with E-state index >= 15 is 0 Å². The lowest BCUT2D eigenvalue weighted by Gasteiger charge is -2.16. The lowest BCUT2D eigenvalue weighted by molar-refractivity contribution is 0.0791. The molecule has 0 unspecified atom stereocenters. The van der Waals surface area contributed by atoms with Crippen molar-refractivity contribution >= 4 is 17.2 Å². The summed E-state index contributed by atoms with van der Waals surface area (Å²) in [4.78, 5) is 19.6. The number of carbonyl (C=O) groups is 1. The number of hydrogen-bond donors (Lipinski definition) is 0. The van der Waals surface area contributed by atoms with Gasteiger partial charge < -0.3 is 9.64 Å². The van der Waals surface area contributed by atoms with Crippen LogP contribution in [0.25, 0.3) is 0 Å². The summed E-state index contributed by atoms with van der Waals surface area (Å²) < 4.78 is 5.67. The summed E-state index contributed by atoms with van der Waals surface area (Å²) in [6.07, 6.45) is 1.72. The van der Waals surface area contributed by atoms with Gasteiger partial charge in [0.1, 0.15) is 10.6 Å². The molecule has 0 atom stereocenters. The Morgan fingerprint density at radius 1 is 1.29 bits per heavy atom. The zero-order chi connectivity index (χ0) is 17.5. The Bertz CT molecular complexity index is 653. The van der Waals surface area contributed by atoms with Crippen LogP contribution < -0.4 is 4.74 Å². The number of rotatable bonds is 8. The van der Waals surface area contributed by atoms with E-state index in [1.165, 1.54) is 11.3 Å². The summed E-state index contributed by atoms with van der Waals surface area (Å²) in [5.41, 5.74) is 0.841. The highest BCUT2D eigenvalue weighted by molar-refractivity contribution is 7.13. The molecule has 0 aliphatic heterocycles. The van der Waals surface area contributed by atoms with Gasteiger partial charge in [-0.15, -0.1) is 11.3 Å². The van der Waals surface area contributed by atoms with Crippen LogP contribution in [0.3, 0.4) is 0 Å². The molecule has 0 aliphatic carbocycles. The maximum absolute atomic E-state index is 12.6. The molecule has 0 spiro atoms. The van der Waals surface area contributed by atoms with Gasteiger partial charge in [0.2, 0.25) is 0 Å². The molecule has 24 heavy (non-hydrogen) atoms. The second kappa shape index (κ2) is 8.83. The van der Waals surface area contributed by atoms with Crippen molar-refractivity contribution in [2.24, 2.45) is 5.92 Å². The molecular formula is C19H26N2O2S. The molecule has 1 heterocycles. The third-order valence-electron chi connectivity index (χ3n) is 3.61. The number of thiazole rings is 1. The topological polar surface area (TPSA) is 42.4 Å². The lowest BCUT2D eigenvalue weighted by Crippen LogP contribution is -2.28. The number of benzene rings is 1. The fourth-order valence-corrected chi connectivity index (χ4v) is 3.64. The minimum Gasteiger partial charge on any atom is -0.494 e. The molecule has 1 aromatic carbocycles. The first kappa shape index (κ1) is 18.5. The van der Waals surface area contributed by atoms with E-state index in [0.29, 0.717) is 19.1 Å². The lowest BCUT2D eigenvalue weighted by atomic mass is 10.1. The molecule has 0 radical (unpaired) electrons. The summed E-state index contributed by atoms with van der Waals surface area (Å²) in [6.45, 7) is 7.51. The van der Waals surface area contributed by atoms with Crippen molar-refractivity contribution in [3.8, 4) is 5.75 Å². The first-order valence-electron chi connectivity index (χ1n) is 8.37. The van der Waals surface area contributed by atoms with Crippen LogP contribution in [0, 0.1) is 12.8 Å². The van der Waals surface area contributed by atoms with Gasteiger partial charge in [-0.3, -0.25) is 4.79 Å². The van der Waals surface area contributed by atoms with Gasteiger partial charge in [0.15, 0.2) is 0 Å². The van der Waals surface area contributed by atoms with Gasteiger partial charge in [0.25, 0.3) is 5.91 Å². The van der Waals surface area contributed by atoms with Crippen molar-refractivity contribution in [3.63, 3.8) is 0 Å². The van der Waals surface area contributed by atoms with E-state index in [9.17, 15) is 4.79 Å². The van der Waals surface area contributed by atoms with Crippen LogP contribution in [-0.4, -0.2) is 36.0 Å². The van der Waals surface area contributed by atoms with Crippen LogP contribution in [0.15, 0.2) is 30.3 Å². The van der Waals surface area contributed by atoms with Gasteiger partial charge in [-0.2, -0.15) is 0 Å². The van der Waals surface area contributed by atoms with Crippen LogP contribution in [-0.2, 0) is 6.42 Å². The Morgan fingerprint density at radius 3 is 2.67 bits per heavy atom. The standard InChI is InChI=1S/C19H26N2O2S/c1-14(2)13-17-20-15(3)18(24-17)19(22)21(4)11-8-12-23-16-9-6-5-7-10-16/h5-7,9-10,14H,8,11-13H2,1-4H3. The largest absolute Gasteiger partial charge is 0.494 e. The van der Waals surface area contributed by atoms with Gasteiger partial charge in [-0.1, -0.05) is 32.0 Å². The fourth-order valence-electron chi connectivity index (χ4n) is 2.37. The van der Waals surface area contributed by atoms with E-state index in [1.54, 1.807) is 4.90 Å². The number of hydrogen-bond acceptors (Lipinski definition) is 4. The van der Waals surface area contributed by atoms with Crippen molar-refractivity contribution < 1.29 is 9.53 Å². The van der Waals surface area contributed by atoms with Crippen molar-refractivity contribution in [1.82, 2.24) is 9.88 Å². The molecule has 0 saturated heterocycles. The minimum absolute atomic E-state index is 0.0553. The summed E-state index contributed by atoms with van der Waals surface area (Å²) in [5.74, 6) is 1.47. The third kappa shape index (κ3) is 5.34. The molecule has 130 valence electrons. The quantitative estimate of drug-likeness (QED) is 0.673. The van der Waals surface area contributed by atoms with Gasteiger partial charge in [0.05, 0.1) is 17.3 Å². The highest BCUT2D eigenvalue weighted by atomic mass is 32.1. The van der Waals surface area contributed by atoms with Crippen LogP contribution in [0.4, 0.5) is 0 Å². The Kier molecular flexibility index (Phi) is 6.79. The van der Waals surface area contributed by atoms with Crippen LogP contribution >= 0.6 is 11.3 Å². The summed E-state index contributed by atoms with van der Waals surface area (Å²) in [6, 6.07) is 9.74. The number of para-hydroxylation sites is 1. The summed E-state index contributed by atoms with van der Waals surface area (Å²) >= 11 is 1.53. The molecule has 2 aromatic rings. The number of carbonyl (C=O) groups excluding carboxylic acids is 1. The molecule has 0 N–H and O–H groups in total. The third-order valence-corrected chi connectivity index (χ3v) is 4.78. The molecule has 0 aliphatic rings. The van der Waals surface area contributed by atoms with E-state index < -0.39 is 0 Å². The van der Waals surface area contributed by atoms with Crippen LogP contribution in [0.5, 0.6) is 5.75 Å². The first-order chi connectivity index (χ1) is 11.5. The zero-order valence-electron chi connectivity index (χ0n) is 14.9. The van der Waals surface area contributed by atoms with Crippen molar-refractivity contribution in [3.05, 3.63) is 45.9 Å². The number of ether oxygens (including phenoxy) is 1. The summed E-state index contributed by atoms with van der Waals surface area (Å²) in [7, 11) is 1.84. The summed E-state index contributed by atoms with van der Waals surface area (Å²) in [5, 5.41) is 1.05. The van der Waals surface area contributed by atoms with Crippen LogP contribution in [0.1, 0.15) is 40.6 Å². The smallest absolute Gasteiger partial charge is 0.265 e. The minimum atomic E-state index is 0.0553. The van der Waals surface area contributed by atoms with Crippen LogP contribution in [0.2, 0.25) is 0 Å². The maximum Gasteiger partial charge on any atom is 0.265 e. The first-order valence-corrected chi connectivity index (χ1v) is 9.18. The molecule has 4 nitrogen and oxygen atoms in total. The van der Waals surface area contributed by atoms with Gasteiger partial charge in [-0.05, 0) is 31.4 Å². The molecule has 0 bridgehead atoms. The highest BCUT2D eigenvalue weighted by Crippen LogP contribution is 2.22. The number of amides is 1. The molecular weight excluding hydrogens is 320 g/mol. The van der Waals surface area contributed by atoms with Crippen molar-refractivity contribution in [2.45, 2.75) is 33.6 Å². The predicted molar refractivity (Wildman–Crippen MR) is 98.9 cm³/mol. The van der Waals surface area contributed by atoms with E-state index in [4.69, 9.17) is 4.74 Å². The Balaban J connectivity index is 1.82. The maximum atomic E-state index is 12.6. The number of aryl methyl sites for hydroxylation is 1. The zero-order valence-corrected chi connectivity index (χ0v) is 15.7.